The molecule has 0 fully saturated rings. The fraction of sp³-hybridized carbons (Fsp3) is 0. The first-order chi connectivity index (χ1) is 0. The van der Waals surface area contributed by atoms with Crippen molar-refractivity contribution >= 4 is 42.0 Å². The van der Waals surface area contributed by atoms with Crippen molar-refractivity contribution < 1.29 is 25.0 Å². The monoisotopic (exact) mass is 142 g/mol. The van der Waals surface area contributed by atoms with Gasteiger partial charge in [-0.2, -0.15) is 0 Å². The van der Waals surface area contributed by atoms with Gasteiger partial charge in [0.1, 0.15) is 0 Å². The standard InChI is InChI=1S/ClH.Na.H2O.Zn.H/h1H;;1H2;;. The molecule has 0 aromatic carbocycles. The van der Waals surface area contributed by atoms with Crippen LogP contribution < -0.4 is 0 Å². The van der Waals surface area contributed by atoms with Crippen molar-refractivity contribution in [3.63, 3.8) is 0 Å². The summed E-state index contributed by atoms with van der Waals surface area (Å²) < 4.78 is 0. The molecule has 2 N–H and O–H groups in total. The second-order valence-electron chi connectivity index (χ2n) is 0. The molecule has 0 aliphatic carbocycles. The third-order valence-electron chi connectivity index (χ3n) is 0. The van der Waals surface area contributed by atoms with Crippen molar-refractivity contribution in [3.05, 3.63) is 0 Å². The van der Waals surface area contributed by atoms with E-state index in [1.165, 1.54) is 0 Å². The van der Waals surface area contributed by atoms with Crippen molar-refractivity contribution in [1.82, 2.24) is 0 Å². The van der Waals surface area contributed by atoms with Gasteiger partial charge in [0.15, 0.2) is 0 Å². The van der Waals surface area contributed by atoms with Crippen LogP contribution in [0.15, 0.2) is 0 Å². The maximum atomic E-state index is 0. The van der Waals surface area contributed by atoms with E-state index in [1.54, 1.807) is 0 Å². The average Bonchev–Trinajstić information content (AvgIpc) is 0. The second-order valence-corrected chi connectivity index (χ2v) is 0. The Morgan fingerprint density at radius 2 is 1.00 bits per heavy atom. The molecule has 0 rings (SSSR count). The summed E-state index contributed by atoms with van der Waals surface area (Å²) in [5, 5.41) is 0. The van der Waals surface area contributed by atoms with E-state index in [2.05, 4.69) is 0 Å². The Labute approximate surface area is 66.3 Å². The molecule has 0 saturated heterocycles. The van der Waals surface area contributed by atoms with Gasteiger partial charge >= 0.3 is 29.6 Å². The Hall–Kier alpha value is 1.87. The zero-order valence-corrected chi connectivity index (χ0v) is 5.40. The molecule has 0 aromatic rings. The molecule has 0 spiro atoms. The minimum atomic E-state index is 0. The Bertz CT molecular complexity index is 8.00. The van der Waals surface area contributed by atoms with E-state index in [0.29, 0.717) is 0 Å². The van der Waals surface area contributed by atoms with E-state index in [1.807, 2.05) is 0 Å². The SMILES string of the molecule is Cl.O.[NaH].[Zn]. The molecule has 4 heteroatoms. The van der Waals surface area contributed by atoms with E-state index in [-0.39, 0.29) is 66.9 Å². The molecule has 4 heavy (non-hydrogen) atoms. The predicted molar refractivity (Wildman–Crippen MR) is 18.0 cm³/mol. The van der Waals surface area contributed by atoms with Crippen LogP contribution in [0.25, 0.3) is 0 Å². The minimum Gasteiger partial charge on any atom is 0 e. The summed E-state index contributed by atoms with van der Waals surface area (Å²) in [6, 6.07) is 0. The van der Waals surface area contributed by atoms with Gasteiger partial charge in [-0.05, 0) is 0 Å². The fourth-order valence-corrected chi connectivity index (χ4v) is 0. The van der Waals surface area contributed by atoms with Crippen LogP contribution in [0.2, 0.25) is 0 Å². The van der Waals surface area contributed by atoms with Crippen LogP contribution in [0.3, 0.4) is 0 Å². The maximum Gasteiger partial charge on any atom is 0 e. The van der Waals surface area contributed by atoms with E-state index in [4.69, 9.17) is 0 Å². The Kier molecular flexibility index (Phi) is 207. The van der Waals surface area contributed by atoms with Crippen molar-refractivity contribution in [1.29, 1.82) is 0 Å². The molecule has 0 radical (unpaired) electrons. The van der Waals surface area contributed by atoms with E-state index in [0.717, 1.165) is 0 Å². The number of rotatable bonds is 0. The summed E-state index contributed by atoms with van der Waals surface area (Å²) in [6.45, 7) is 0. The molecule has 0 aliphatic rings. The molecule has 1 nitrogen and oxygen atoms in total. The molecule has 0 saturated carbocycles. The van der Waals surface area contributed by atoms with Crippen LogP contribution >= 0.6 is 12.4 Å². The van der Waals surface area contributed by atoms with Crippen LogP contribution in [-0.2, 0) is 19.5 Å². The predicted octanol–water partition coefficient (Wildman–Crippen LogP) is -1.05. The third-order valence-corrected chi connectivity index (χ3v) is 0. The molecule has 0 atom stereocenters. The summed E-state index contributed by atoms with van der Waals surface area (Å²) in [6.07, 6.45) is 0. The van der Waals surface area contributed by atoms with E-state index >= 15 is 0 Å². The maximum absolute atomic E-state index is 0. The number of halogens is 1. The minimum absolute atomic E-state index is 0. The van der Waals surface area contributed by atoms with Crippen LogP contribution in [0.4, 0.5) is 0 Å². The quantitative estimate of drug-likeness (QED) is 0.388. The van der Waals surface area contributed by atoms with Crippen molar-refractivity contribution in [2.24, 2.45) is 0 Å². The third kappa shape index (κ3) is 9.11. The summed E-state index contributed by atoms with van der Waals surface area (Å²) >= 11 is 0. The molecule has 0 amide bonds. The first kappa shape index (κ1) is 39.7. The van der Waals surface area contributed by atoms with Gasteiger partial charge in [0.2, 0.25) is 0 Å². The van der Waals surface area contributed by atoms with Gasteiger partial charge in [0.25, 0.3) is 0 Å². The van der Waals surface area contributed by atoms with Gasteiger partial charge in [-0.15, -0.1) is 12.4 Å². The zero-order chi connectivity index (χ0) is 0. The van der Waals surface area contributed by atoms with E-state index < -0.39 is 0 Å². The summed E-state index contributed by atoms with van der Waals surface area (Å²) in [5.41, 5.74) is 0. The molecular weight excluding hydrogens is 140 g/mol. The van der Waals surface area contributed by atoms with Gasteiger partial charge in [0.05, 0.1) is 0 Å². The van der Waals surface area contributed by atoms with Crippen molar-refractivity contribution in [3.8, 4) is 0 Å². The first-order valence-electron chi connectivity index (χ1n) is 0. The molecule has 0 aliphatic heterocycles. The molecule has 0 unspecified atom stereocenters. The molecular formula is H4ClNaOZn. The summed E-state index contributed by atoms with van der Waals surface area (Å²) in [7, 11) is 0. The topological polar surface area (TPSA) is 31.5 Å². The smallest absolute Gasteiger partial charge is 0 e. The van der Waals surface area contributed by atoms with Crippen LogP contribution in [-0.4, -0.2) is 35.0 Å². The van der Waals surface area contributed by atoms with Crippen molar-refractivity contribution in [2.45, 2.75) is 0 Å². The average molecular weight is 144 g/mol. The molecule has 0 aromatic heterocycles. The Morgan fingerprint density at radius 3 is 1.00 bits per heavy atom. The normalized spacial score (nSPS) is 0. The first-order valence-corrected chi connectivity index (χ1v) is 0. The van der Waals surface area contributed by atoms with E-state index in [9.17, 15) is 0 Å². The largest absolute Gasteiger partial charge is 0 e. The summed E-state index contributed by atoms with van der Waals surface area (Å²) in [5.74, 6) is 0. The van der Waals surface area contributed by atoms with Gasteiger partial charge in [0, 0.05) is 19.5 Å². The Balaban J connectivity index is 0. The van der Waals surface area contributed by atoms with Gasteiger partial charge in [-0.3, -0.25) is 0 Å². The van der Waals surface area contributed by atoms with Crippen LogP contribution in [0.5, 0.6) is 0 Å². The van der Waals surface area contributed by atoms with Crippen LogP contribution in [0.1, 0.15) is 0 Å². The van der Waals surface area contributed by atoms with Crippen molar-refractivity contribution in [2.75, 3.05) is 0 Å². The van der Waals surface area contributed by atoms with Gasteiger partial charge < -0.3 is 5.48 Å². The van der Waals surface area contributed by atoms with Gasteiger partial charge in [-0.25, -0.2) is 0 Å². The fourth-order valence-electron chi connectivity index (χ4n) is 0. The van der Waals surface area contributed by atoms with Crippen LogP contribution in [0, 0.1) is 0 Å². The Morgan fingerprint density at radius 1 is 1.00 bits per heavy atom. The summed E-state index contributed by atoms with van der Waals surface area (Å²) in [4.78, 5) is 0. The molecule has 0 bridgehead atoms. The van der Waals surface area contributed by atoms with Gasteiger partial charge in [-0.1, -0.05) is 0 Å². The number of hydrogen-bond donors (Lipinski definition) is 0. The zero-order valence-electron chi connectivity index (χ0n) is 1.62. The molecule has 0 heterocycles. The second kappa shape index (κ2) is 20.8. The number of hydrogen-bond acceptors (Lipinski definition) is 0. The molecule has 20 valence electrons.